The molecule has 0 aliphatic carbocycles. The summed E-state index contributed by atoms with van der Waals surface area (Å²) in [7, 11) is 1.57. The number of para-hydroxylation sites is 1. The molecule has 0 radical (unpaired) electrons. The lowest BCUT2D eigenvalue weighted by Crippen LogP contribution is -2.36. The zero-order valence-electron chi connectivity index (χ0n) is 13.1. The minimum absolute atomic E-state index is 0.0151. The molecule has 0 unspecified atom stereocenters. The van der Waals surface area contributed by atoms with Crippen LogP contribution in [0.15, 0.2) is 51.1 Å². The highest BCUT2D eigenvalue weighted by Crippen LogP contribution is 2.15. The first-order chi connectivity index (χ1) is 11.7. The number of carbonyl (C=O) groups is 1. The summed E-state index contributed by atoms with van der Waals surface area (Å²) in [6.07, 6.45) is 1.68. The Bertz CT molecular complexity index is 889. The van der Waals surface area contributed by atoms with Crippen molar-refractivity contribution in [2.75, 3.05) is 20.3 Å². The SMILES string of the molecule is COCCN(Cc1nccs1)C(=O)c1cc2ccccc2oc1=O. The predicted molar refractivity (Wildman–Crippen MR) is 91.2 cm³/mol. The van der Waals surface area contributed by atoms with Crippen molar-refractivity contribution < 1.29 is 13.9 Å². The van der Waals surface area contributed by atoms with Gasteiger partial charge in [0.25, 0.3) is 5.91 Å². The molecule has 0 atom stereocenters. The number of thiazole rings is 1. The number of rotatable bonds is 6. The Morgan fingerprint density at radius 3 is 2.96 bits per heavy atom. The van der Waals surface area contributed by atoms with Crippen molar-refractivity contribution >= 4 is 28.2 Å². The average molecular weight is 344 g/mol. The first-order valence-electron chi connectivity index (χ1n) is 7.38. The molecule has 0 fully saturated rings. The van der Waals surface area contributed by atoms with Crippen molar-refractivity contribution in [3.8, 4) is 0 Å². The van der Waals surface area contributed by atoms with Gasteiger partial charge in [-0.1, -0.05) is 18.2 Å². The zero-order valence-corrected chi connectivity index (χ0v) is 13.9. The summed E-state index contributed by atoms with van der Waals surface area (Å²) >= 11 is 1.46. The number of hydrogen-bond acceptors (Lipinski definition) is 6. The second-order valence-corrected chi connectivity index (χ2v) is 6.11. The number of benzene rings is 1. The van der Waals surface area contributed by atoms with Gasteiger partial charge in [0.15, 0.2) is 0 Å². The molecule has 0 saturated heterocycles. The molecule has 1 aromatic carbocycles. The first kappa shape index (κ1) is 16.4. The van der Waals surface area contributed by atoms with Crippen molar-refractivity contribution in [1.29, 1.82) is 0 Å². The molecule has 24 heavy (non-hydrogen) atoms. The summed E-state index contributed by atoms with van der Waals surface area (Å²) in [6.45, 7) is 1.06. The second-order valence-electron chi connectivity index (χ2n) is 5.13. The molecule has 2 heterocycles. The highest BCUT2D eigenvalue weighted by molar-refractivity contribution is 7.09. The number of methoxy groups -OCH3 is 1. The summed E-state index contributed by atoms with van der Waals surface area (Å²) in [4.78, 5) is 30.8. The number of hydrogen-bond donors (Lipinski definition) is 0. The maximum Gasteiger partial charge on any atom is 0.349 e. The Morgan fingerprint density at radius 2 is 2.21 bits per heavy atom. The third-order valence-corrected chi connectivity index (χ3v) is 4.30. The highest BCUT2D eigenvalue weighted by Gasteiger charge is 2.21. The van der Waals surface area contributed by atoms with E-state index in [4.69, 9.17) is 9.15 Å². The molecule has 0 aliphatic rings. The number of carbonyl (C=O) groups excluding carboxylic acids is 1. The van der Waals surface area contributed by atoms with E-state index in [-0.39, 0.29) is 11.5 Å². The molecule has 0 spiro atoms. The molecule has 1 amide bonds. The summed E-state index contributed by atoms with van der Waals surface area (Å²) < 4.78 is 10.3. The number of fused-ring (bicyclic) bond motifs is 1. The summed E-state index contributed by atoms with van der Waals surface area (Å²) in [5.41, 5.74) is -0.163. The van der Waals surface area contributed by atoms with Crippen LogP contribution in [0.4, 0.5) is 0 Å². The molecule has 0 aliphatic heterocycles. The molecular weight excluding hydrogens is 328 g/mol. The lowest BCUT2D eigenvalue weighted by molar-refractivity contribution is 0.0676. The summed E-state index contributed by atoms with van der Waals surface area (Å²) in [5.74, 6) is -0.387. The minimum atomic E-state index is -0.639. The predicted octanol–water partition coefficient (Wildman–Crippen LogP) is 2.54. The largest absolute Gasteiger partial charge is 0.422 e. The number of aromatic nitrogens is 1. The number of amides is 1. The maximum atomic E-state index is 12.8. The van der Waals surface area contributed by atoms with Crippen molar-refractivity contribution in [2.24, 2.45) is 0 Å². The van der Waals surface area contributed by atoms with Gasteiger partial charge >= 0.3 is 5.63 Å². The standard InChI is InChI=1S/C17H16N2O4S/c1-22-8-7-19(11-15-18-6-9-24-15)16(20)13-10-12-4-2-3-5-14(12)23-17(13)21/h2-6,9-10H,7-8,11H2,1H3. The van der Waals surface area contributed by atoms with Gasteiger partial charge in [-0.15, -0.1) is 11.3 Å². The fourth-order valence-corrected chi connectivity index (χ4v) is 2.96. The fraction of sp³-hybridized carbons (Fsp3) is 0.235. The lowest BCUT2D eigenvalue weighted by atomic mass is 10.1. The van der Waals surface area contributed by atoms with Gasteiger partial charge in [-0.3, -0.25) is 4.79 Å². The molecule has 3 rings (SSSR count). The summed E-state index contributed by atoms with van der Waals surface area (Å²) in [6, 6.07) is 8.68. The molecule has 2 aromatic heterocycles. The van der Waals surface area contributed by atoms with Crippen molar-refractivity contribution in [2.45, 2.75) is 6.54 Å². The molecule has 0 bridgehead atoms. The molecule has 0 saturated carbocycles. The highest BCUT2D eigenvalue weighted by atomic mass is 32.1. The minimum Gasteiger partial charge on any atom is -0.422 e. The quantitative estimate of drug-likeness (QED) is 0.643. The monoisotopic (exact) mass is 344 g/mol. The molecule has 7 heteroatoms. The van der Waals surface area contributed by atoms with E-state index >= 15 is 0 Å². The topological polar surface area (TPSA) is 72.6 Å². The van der Waals surface area contributed by atoms with Crippen LogP contribution < -0.4 is 5.63 Å². The van der Waals surface area contributed by atoms with Gasteiger partial charge in [0.05, 0.1) is 13.2 Å². The van der Waals surface area contributed by atoms with Crippen LogP contribution in [0.2, 0.25) is 0 Å². The molecule has 0 N–H and O–H groups in total. The second kappa shape index (κ2) is 7.37. The molecule has 3 aromatic rings. The third-order valence-electron chi connectivity index (χ3n) is 3.53. The van der Waals surface area contributed by atoms with Crippen LogP contribution in [0, 0.1) is 0 Å². The van der Waals surface area contributed by atoms with Gasteiger partial charge in [0, 0.05) is 30.6 Å². The average Bonchev–Trinajstić information content (AvgIpc) is 3.10. The van der Waals surface area contributed by atoms with Crippen LogP contribution in [0.1, 0.15) is 15.4 Å². The number of nitrogens with zero attached hydrogens (tertiary/aromatic N) is 2. The van der Waals surface area contributed by atoms with Gasteiger partial charge in [-0.05, 0) is 12.1 Å². The van der Waals surface area contributed by atoms with E-state index in [0.29, 0.717) is 30.7 Å². The number of ether oxygens (including phenoxy) is 1. The molecule has 124 valence electrons. The Labute approximate surface area is 142 Å². The van der Waals surface area contributed by atoms with Crippen LogP contribution in [0.25, 0.3) is 11.0 Å². The lowest BCUT2D eigenvalue weighted by Gasteiger charge is -2.20. The van der Waals surface area contributed by atoms with E-state index in [1.165, 1.54) is 11.3 Å². The van der Waals surface area contributed by atoms with E-state index in [0.717, 1.165) is 5.01 Å². The molecular formula is C17H16N2O4S. The Balaban J connectivity index is 1.93. The van der Waals surface area contributed by atoms with Crippen LogP contribution in [-0.4, -0.2) is 36.1 Å². The Hall–Kier alpha value is -2.51. The van der Waals surface area contributed by atoms with Crippen LogP contribution in [-0.2, 0) is 11.3 Å². The van der Waals surface area contributed by atoms with Gasteiger partial charge in [-0.2, -0.15) is 0 Å². The fourth-order valence-electron chi connectivity index (χ4n) is 2.33. The van der Waals surface area contributed by atoms with Crippen LogP contribution in [0.5, 0.6) is 0 Å². The van der Waals surface area contributed by atoms with Crippen molar-refractivity contribution in [3.63, 3.8) is 0 Å². The van der Waals surface area contributed by atoms with Crippen molar-refractivity contribution in [1.82, 2.24) is 9.88 Å². The Kier molecular flexibility index (Phi) is 5.02. The van der Waals surface area contributed by atoms with Crippen LogP contribution in [0.3, 0.4) is 0 Å². The van der Waals surface area contributed by atoms with E-state index < -0.39 is 5.63 Å². The Morgan fingerprint density at radius 1 is 1.38 bits per heavy atom. The van der Waals surface area contributed by atoms with E-state index in [1.54, 1.807) is 42.5 Å². The van der Waals surface area contributed by atoms with E-state index in [2.05, 4.69) is 4.98 Å². The van der Waals surface area contributed by atoms with Crippen LogP contribution >= 0.6 is 11.3 Å². The smallest absolute Gasteiger partial charge is 0.349 e. The van der Waals surface area contributed by atoms with Gasteiger partial charge < -0.3 is 14.1 Å². The van der Waals surface area contributed by atoms with Gasteiger partial charge in [0.1, 0.15) is 16.2 Å². The zero-order chi connectivity index (χ0) is 16.9. The van der Waals surface area contributed by atoms with E-state index in [9.17, 15) is 9.59 Å². The normalized spacial score (nSPS) is 10.9. The maximum absolute atomic E-state index is 12.8. The summed E-state index contributed by atoms with van der Waals surface area (Å²) in [5, 5.41) is 3.35. The van der Waals surface area contributed by atoms with Gasteiger partial charge in [-0.25, -0.2) is 9.78 Å². The molecule has 6 nitrogen and oxygen atoms in total. The third kappa shape index (κ3) is 3.52. The van der Waals surface area contributed by atoms with E-state index in [1.807, 2.05) is 11.4 Å². The van der Waals surface area contributed by atoms with Crippen molar-refractivity contribution in [3.05, 3.63) is 62.9 Å². The first-order valence-corrected chi connectivity index (χ1v) is 8.26. The van der Waals surface area contributed by atoms with Gasteiger partial charge in [0.2, 0.25) is 0 Å².